The second-order valence-electron chi connectivity index (χ2n) is 3.42. The zero-order valence-corrected chi connectivity index (χ0v) is 7.01. The van der Waals surface area contributed by atoms with Gasteiger partial charge >= 0.3 is 0 Å². The van der Waals surface area contributed by atoms with Gasteiger partial charge in [-0.3, -0.25) is 0 Å². The molecule has 0 amide bonds. The summed E-state index contributed by atoms with van der Waals surface area (Å²) in [5.74, 6) is 3.52. The van der Waals surface area contributed by atoms with Crippen LogP contribution in [0.25, 0.3) is 0 Å². The maximum atomic E-state index is 5.25. The van der Waals surface area contributed by atoms with Crippen LogP contribution in [0.15, 0.2) is 10.6 Å². The molecule has 2 heteroatoms. The first-order chi connectivity index (χ1) is 5.04. The summed E-state index contributed by atoms with van der Waals surface area (Å²) in [6, 6.07) is 0. The Hall–Kier alpha value is -1.23. The molecule has 0 saturated carbocycles. The summed E-state index contributed by atoms with van der Waals surface area (Å²) in [4.78, 5) is 3.90. The maximum Gasteiger partial charge on any atom is 0.273 e. The Morgan fingerprint density at radius 3 is 2.45 bits per heavy atom. The van der Waals surface area contributed by atoms with Gasteiger partial charge in [0.2, 0.25) is 0 Å². The van der Waals surface area contributed by atoms with Crippen molar-refractivity contribution in [3.63, 3.8) is 0 Å². The lowest BCUT2D eigenvalue weighted by atomic mass is 9.94. The van der Waals surface area contributed by atoms with E-state index in [9.17, 15) is 0 Å². The molecule has 0 spiro atoms. The van der Waals surface area contributed by atoms with Gasteiger partial charge in [0.1, 0.15) is 5.76 Å². The molecule has 0 radical (unpaired) electrons. The second-order valence-corrected chi connectivity index (χ2v) is 3.42. The number of nitrogens with zero attached hydrogens (tertiary/aromatic N) is 1. The normalized spacial score (nSPS) is 11.1. The highest BCUT2D eigenvalue weighted by Crippen LogP contribution is 2.21. The van der Waals surface area contributed by atoms with E-state index in [-0.39, 0.29) is 5.41 Å². The van der Waals surface area contributed by atoms with Crippen molar-refractivity contribution < 1.29 is 4.42 Å². The first-order valence-electron chi connectivity index (χ1n) is 3.47. The molecule has 0 aliphatic rings. The molecule has 0 atom stereocenters. The summed E-state index contributed by atoms with van der Waals surface area (Å²) >= 11 is 0. The van der Waals surface area contributed by atoms with Crippen LogP contribution in [0.4, 0.5) is 0 Å². The molecule has 1 rings (SSSR count). The summed E-state index contributed by atoms with van der Waals surface area (Å²) < 4.78 is 5.25. The van der Waals surface area contributed by atoms with Crippen molar-refractivity contribution in [2.45, 2.75) is 26.2 Å². The number of terminal acetylenes is 1. The predicted octanol–water partition coefficient (Wildman–Crippen LogP) is 1.95. The fourth-order valence-corrected chi connectivity index (χ4v) is 0.688. The maximum absolute atomic E-state index is 5.25. The van der Waals surface area contributed by atoms with Gasteiger partial charge < -0.3 is 4.42 Å². The quantitative estimate of drug-likeness (QED) is 0.527. The van der Waals surface area contributed by atoms with Crippen LogP contribution >= 0.6 is 0 Å². The van der Waals surface area contributed by atoms with Crippen molar-refractivity contribution in [2.24, 2.45) is 0 Å². The molecular weight excluding hydrogens is 138 g/mol. The van der Waals surface area contributed by atoms with E-state index in [4.69, 9.17) is 10.8 Å². The fraction of sp³-hybridized carbons (Fsp3) is 0.444. The Labute approximate surface area is 66.6 Å². The Balaban J connectivity index is 3.01. The van der Waals surface area contributed by atoms with Crippen LogP contribution in [-0.2, 0) is 5.41 Å². The minimum absolute atomic E-state index is 0.0118. The highest BCUT2D eigenvalue weighted by atomic mass is 16.4. The molecule has 0 aliphatic heterocycles. The minimum Gasteiger partial charge on any atom is -0.435 e. The van der Waals surface area contributed by atoms with Gasteiger partial charge in [-0.15, -0.1) is 6.42 Å². The molecule has 1 aromatic heterocycles. The number of aromatic nitrogens is 1. The van der Waals surface area contributed by atoms with Crippen molar-refractivity contribution >= 4 is 0 Å². The topological polar surface area (TPSA) is 26.0 Å². The van der Waals surface area contributed by atoms with E-state index in [2.05, 4.69) is 10.9 Å². The third kappa shape index (κ3) is 1.62. The third-order valence-electron chi connectivity index (χ3n) is 1.37. The molecule has 0 fully saturated rings. The number of hydrogen-bond acceptors (Lipinski definition) is 2. The van der Waals surface area contributed by atoms with Crippen LogP contribution in [-0.4, -0.2) is 4.98 Å². The molecule has 2 nitrogen and oxygen atoms in total. The molecule has 1 heterocycles. The minimum atomic E-state index is -0.0118. The van der Waals surface area contributed by atoms with Crippen molar-refractivity contribution in [3.05, 3.63) is 17.8 Å². The van der Waals surface area contributed by atoms with E-state index >= 15 is 0 Å². The van der Waals surface area contributed by atoms with Gasteiger partial charge in [0.15, 0.2) is 0 Å². The molecule has 1 aromatic rings. The van der Waals surface area contributed by atoms with E-state index in [1.807, 2.05) is 20.8 Å². The number of hydrogen-bond donors (Lipinski definition) is 0. The van der Waals surface area contributed by atoms with Gasteiger partial charge in [-0.2, -0.15) is 0 Å². The van der Waals surface area contributed by atoms with Crippen LogP contribution in [0.5, 0.6) is 0 Å². The Morgan fingerprint density at radius 1 is 1.55 bits per heavy atom. The van der Waals surface area contributed by atoms with Crippen LogP contribution in [0.1, 0.15) is 32.4 Å². The van der Waals surface area contributed by atoms with Crippen molar-refractivity contribution in [1.82, 2.24) is 4.98 Å². The Morgan fingerprint density at radius 2 is 2.18 bits per heavy atom. The monoisotopic (exact) mass is 149 g/mol. The Bertz CT molecular complexity index is 285. The lowest BCUT2D eigenvalue weighted by Gasteiger charge is -2.12. The van der Waals surface area contributed by atoms with Crippen LogP contribution in [0.2, 0.25) is 0 Å². The summed E-state index contributed by atoms with van der Waals surface area (Å²) in [5.41, 5.74) is -0.0118. The zero-order chi connectivity index (χ0) is 8.48. The highest BCUT2D eigenvalue weighted by Gasteiger charge is 2.18. The van der Waals surface area contributed by atoms with Crippen molar-refractivity contribution in [3.8, 4) is 12.3 Å². The second kappa shape index (κ2) is 2.43. The van der Waals surface area contributed by atoms with Gasteiger partial charge in [-0.05, 0) is 5.92 Å². The molecule has 0 aliphatic carbocycles. The van der Waals surface area contributed by atoms with Gasteiger partial charge in [-0.25, -0.2) is 4.98 Å². The van der Waals surface area contributed by atoms with E-state index in [0.29, 0.717) is 5.89 Å². The molecule has 0 unspecified atom stereocenters. The summed E-state index contributed by atoms with van der Waals surface area (Å²) in [7, 11) is 0. The summed E-state index contributed by atoms with van der Waals surface area (Å²) in [6.07, 6.45) is 6.78. The van der Waals surface area contributed by atoms with E-state index < -0.39 is 0 Å². The summed E-state index contributed by atoms with van der Waals surface area (Å²) in [6.45, 7) is 6.15. The lowest BCUT2D eigenvalue weighted by molar-refractivity contribution is 0.402. The number of rotatable bonds is 0. The van der Waals surface area contributed by atoms with Gasteiger partial charge in [0.25, 0.3) is 5.89 Å². The first kappa shape index (κ1) is 7.87. The van der Waals surface area contributed by atoms with Gasteiger partial charge in [-0.1, -0.05) is 20.8 Å². The predicted molar refractivity (Wildman–Crippen MR) is 43.1 cm³/mol. The molecule has 0 aromatic carbocycles. The molecule has 0 bridgehead atoms. The fourth-order valence-electron chi connectivity index (χ4n) is 0.688. The molecular formula is C9H11NO. The average Bonchev–Trinajstić information content (AvgIpc) is 2.32. The van der Waals surface area contributed by atoms with Crippen LogP contribution in [0, 0.1) is 12.3 Å². The third-order valence-corrected chi connectivity index (χ3v) is 1.37. The van der Waals surface area contributed by atoms with Crippen molar-refractivity contribution in [2.75, 3.05) is 0 Å². The van der Waals surface area contributed by atoms with E-state index in [1.165, 1.54) is 0 Å². The van der Waals surface area contributed by atoms with E-state index in [1.54, 1.807) is 6.20 Å². The largest absolute Gasteiger partial charge is 0.435 e. The SMILES string of the molecule is C#Cc1ncc(C(C)(C)C)o1. The lowest BCUT2D eigenvalue weighted by Crippen LogP contribution is -2.09. The van der Waals surface area contributed by atoms with Crippen LogP contribution < -0.4 is 0 Å². The highest BCUT2D eigenvalue weighted by molar-refractivity contribution is 5.16. The van der Waals surface area contributed by atoms with Gasteiger partial charge in [0.05, 0.1) is 6.20 Å². The smallest absolute Gasteiger partial charge is 0.273 e. The average molecular weight is 149 g/mol. The van der Waals surface area contributed by atoms with Crippen molar-refractivity contribution in [1.29, 1.82) is 0 Å². The first-order valence-corrected chi connectivity index (χ1v) is 3.47. The number of oxazole rings is 1. The molecule has 58 valence electrons. The Kier molecular flexibility index (Phi) is 1.74. The molecule has 0 N–H and O–H groups in total. The standard InChI is InChI=1S/C9H11NO/c1-5-8-10-6-7(11-8)9(2,3)4/h1,6H,2-4H3. The van der Waals surface area contributed by atoms with Gasteiger partial charge in [0, 0.05) is 5.41 Å². The van der Waals surface area contributed by atoms with Crippen LogP contribution in [0.3, 0.4) is 0 Å². The molecule has 11 heavy (non-hydrogen) atoms. The van der Waals surface area contributed by atoms with E-state index in [0.717, 1.165) is 5.76 Å². The summed E-state index contributed by atoms with van der Waals surface area (Å²) in [5, 5.41) is 0. The molecule has 0 saturated heterocycles. The zero-order valence-electron chi connectivity index (χ0n) is 7.01.